The summed E-state index contributed by atoms with van der Waals surface area (Å²) >= 11 is 0. The third-order valence-electron chi connectivity index (χ3n) is 2.59. The summed E-state index contributed by atoms with van der Waals surface area (Å²) in [5.74, 6) is -0.934. The van der Waals surface area contributed by atoms with Crippen molar-refractivity contribution in [2.24, 2.45) is 5.41 Å². The Hall–Kier alpha value is -1.36. The number of hydrogen-bond donors (Lipinski definition) is 1. The number of ether oxygens (including phenoxy) is 2. The van der Waals surface area contributed by atoms with E-state index in [9.17, 15) is 14.7 Å². The van der Waals surface area contributed by atoms with Crippen LogP contribution in [0.1, 0.15) is 40.5 Å². The maximum Gasteiger partial charge on any atom is 0.333 e. The summed E-state index contributed by atoms with van der Waals surface area (Å²) in [5, 5.41) is 9.54. The average Bonchev–Trinajstić information content (AvgIpc) is 2.32. The molecule has 0 radical (unpaired) electrons. The highest BCUT2D eigenvalue weighted by Gasteiger charge is 2.28. The maximum absolute atomic E-state index is 11.8. The van der Waals surface area contributed by atoms with Gasteiger partial charge in [0.15, 0.2) is 0 Å². The average molecular weight is 272 g/mol. The predicted octanol–water partition coefficient (Wildman–Crippen LogP) is 1.84. The van der Waals surface area contributed by atoms with Crippen LogP contribution in [0.25, 0.3) is 0 Å². The standard InChI is InChI=1S/C14H24O5/c1-6-7-14(4,5)13(17)19-9-11(15)8-18-12(16)10(2)3/h11,15H,2,6-9H2,1,3-5H3. The van der Waals surface area contributed by atoms with Gasteiger partial charge in [-0.25, -0.2) is 4.79 Å². The van der Waals surface area contributed by atoms with Gasteiger partial charge in [0.2, 0.25) is 0 Å². The molecular weight excluding hydrogens is 248 g/mol. The van der Waals surface area contributed by atoms with E-state index < -0.39 is 17.5 Å². The van der Waals surface area contributed by atoms with Gasteiger partial charge < -0.3 is 14.6 Å². The SMILES string of the molecule is C=C(C)C(=O)OCC(O)COC(=O)C(C)(C)CCC. The summed E-state index contributed by atoms with van der Waals surface area (Å²) in [6.07, 6.45) is 0.567. The lowest BCUT2D eigenvalue weighted by Crippen LogP contribution is -2.31. The molecule has 0 saturated carbocycles. The molecule has 0 aliphatic carbocycles. The Bertz CT molecular complexity index is 333. The molecule has 19 heavy (non-hydrogen) atoms. The number of carbonyl (C=O) groups is 2. The van der Waals surface area contributed by atoms with Crippen molar-refractivity contribution in [3.8, 4) is 0 Å². The molecule has 1 N–H and O–H groups in total. The van der Waals surface area contributed by atoms with Gasteiger partial charge in [-0.3, -0.25) is 4.79 Å². The lowest BCUT2D eigenvalue weighted by molar-refractivity contribution is -0.159. The lowest BCUT2D eigenvalue weighted by Gasteiger charge is -2.22. The first-order valence-corrected chi connectivity index (χ1v) is 6.38. The van der Waals surface area contributed by atoms with Crippen molar-refractivity contribution in [3.63, 3.8) is 0 Å². The molecule has 1 atom stereocenters. The van der Waals surface area contributed by atoms with Crippen molar-refractivity contribution in [3.05, 3.63) is 12.2 Å². The van der Waals surface area contributed by atoms with Crippen LogP contribution in [0.2, 0.25) is 0 Å². The highest BCUT2D eigenvalue weighted by Crippen LogP contribution is 2.23. The minimum absolute atomic E-state index is 0.185. The zero-order valence-electron chi connectivity index (χ0n) is 12.2. The summed E-state index contributed by atoms with van der Waals surface area (Å²) in [5.41, 5.74) is -0.309. The van der Waals surface area contributed by atoms with Gasteiger partial charge >= 0.3 is 11.9 Å². The lowest BCUT2D eigenvalue weighted by atomic mass is 9.88. The molecule has 0 saturated heterocycles. The Morgan fingerprint density at radius 2 is 1.79 bits per heavy atom. The summed E-state index contributed by atoms with van der Waals surface area (Å²) in [7, 11) is 0. The molecule has 0 rings (SSSR count). The van der Waals surface area contributed by atoms with Crippen LogP contribution >= 0.6 is 0 Å². The van der Waals surface area contributed by atoms with Crippen molar-refractivity contribution in [2.45, 2.75) is 46.6 Å². The molecule has 1 unspecified atom stereocenters. The van der Waals surface area contributed by atoms with Gasteiger partial charge in [0.05, 0.1) is 5.41 Å². The largest absolute Gasteiger partial charge is 0.462 e. The normalized spacial score (nSPS) is 12.7. The fourth-order valence-corrected chi connectivity index (χ4v) is 1.44. The van der Waals surface area contributed by atoms with Crippen molar-refractivity contribution in [1.29, 1.82) is 0 Å². The van der Waals surface area contributed by atoms with E-state index >= 15 is 0 Å². The van der Waals surface area contributed by atoms with Gasteiger partial charge in [-0.2, -0.15) is 0 Å². The third kappa shape index (κ3) is 6.96. The van der Waals surface area contributed by atoms with Gasteiger partial charge in [-0.1, -0.05) is 19.9 Å². The molecule has 0 fully saturated rings. The Balaban J connectivity index is 4.03. The van der Waals surface area contributed by atoms with E-state index in [1.165, 1.54) is 6.92 Å². The van der Waals surface area contributed by atoms with E-state index in [0.29, 0.717) is 6.42 Å². The van der Waals surface area contributed by atoms with Crippen molar-refractivity contribution in [2.75, 3.05) is 13.2 Å². The Morgan fingerprint density at radius 3 is 2.26 bits per heavy atom. The second kappa shape index (κ2) is 7.94. The summed E-state index contributed by atoms with van der Waals surface area (Å²) in [4.78, 5) is 22.8. The van der Waals surface area contributed by atoms with Crippen molar-refractivity contribution < 1.29 is 24.2 Å². The van der Waals surface area contributed by atoms with Crippen LogP contribution < -0.4 is 0 Å². The molecule has 110 valence electrons. The third-order valence-corrected chi connectivity index (χ3v) is 2.59. The van der Waals surface area contributed by atoms with Gasteiger partial charge in [0.25, 0.3) is 0 Å². The number of hydrogen-bond acceptors (Lipinski definition) is 5. The number of esters is 2. The van der Waals surface area contributed by atoms with E-state index in [4.69, 9.17) is 9.47 Å². The Kier molecular flexibility index (Phi) is 7.37. The maximum atomic E-state index is 11.8. The van der Waals surface area contributed by atoms with Crippen LogP contribution in [0.5, 0.6) is 0 Å². The van der Waals surface area contributed by atoms with Crippen LogP contribution in [-0.2, 0) is 19.1 Å². The molecule has 5 nitrogen and oxygen atoms in total. The summed E-state index contributed by atoms with van der Waals surface area (Å²) < 4.78 is 9.76. The van der Waals surface area contributed by atoms with Crippen molar-refractivity contribution in [1.82, 2.24) is 0 Å². The molecular formula is C14H24O5. The zero-order chi connectivity index (χ0) is 15.1. The number of aliphatic hydroxyl groups excluding tert-OH is 1. The molecule has 0 aromatic carbocycles. The first-order chi connectivity index (χ1) is 8.70. The number of carbonyl (C=O) groups excluding carboxylic acids is 2. The highest BCUT2D eigenvalue weighted by atomic mass is 16.6. The van der Waals surface area contributed by atoms with Crippen LogP contribution in [-0.4, -0.2) is 36.4 Å². The minimum Gasteiger partial charge on any atom is -0.462 e. The van der Waals surface area contributed by atoms with Gasteiger partial charge in [-0.15, -0.1) is 0 Å². The quantitative estimate of drug-likeness (QED) is 0.539. The fraction of sp³-hybridized carbons (Fsp3) is 0.714. The van der Waals surface area contributed by atoms with Crippen LogP contribution in [0.3, 0.4) is 0 Å². The molecule has 0 aromatic rings. The summed E-state index contributed by atoms with van der Waals surface area (Å²) in [6, 6.07) is 0. The first-order valence-electron chi connectivity index (χ1n) is 6.38. The fourth-order valence-electron chi connectivity index (χ4n) is 1.44. The van der Waals surface area contributed by atoms with Crippen LogP contribution in [0.4, 0.5) is 0 Å². The van der Waals surface area contributed by atoms with Gasteiger partial charge in [0.1, 0.15) is 19.3 Å². The van der Waals surface area contributed by atoms with E-state index in [1.54, 1.807) is 13.8 Å². The van der Waals surface area contributed by atoms with E-state index in [0.717, 1.165) is 6.42 Å². The van der Waals surface area contributed by atoms with Gasteiger partial charge in [-0.05, 0) is 27.2 Å². The van der Waals surface area contributed by atoms with E-state index in [1.807, 2.05) is 6.92 Å². The van der Waals surface area contributed by atoms with Crippen LogP contribution in [0.15, 0.2) is 12.2 Å². The Labute approximate surface area is 114 Å². The van der Waals surface area contributed by atoms with Gasteiger partial charge in [0, 0.05) is 5.57 Å². The predicted molar refractivity (Wildman–Crippen MR) is 71.4 cm³/mol. The Morgan fingerprint density at radius 1 is 1.26 bits per heavy atom. The monoisotopic (exact) mass is 272 g/mol. The smallest absolute Gasteiger partial charge is 0.333 e. The number of rotatable bonds is 8. The number of aliphatic hydroxyl groups is 1. The topological polar surface area (TPSA) is 72.8 Å². The molecule has 0 aliphatic rings. The molecule has 0 aromatic heterocycles. The second-order valence-electron chi connectivity index (χ2n) is 5.26. The minimum atomic E-state index is -1.02. The molecule has 0 bridgehead atoms. The first kappa shape index (κ1) is 17.6. The molecule has 5 heteroatoms. The zero-order valence-corrected chi connectivity index (χ0v) is 12.2. The van der Waals surface area contributed by atoms with Crippen LogP contribution in [0, 0.1) is 5.41 Å². The molecule has 0 amide bonds. The summed E-state index contributed by atoms with van der Waals surface area (Å²) in [6.45, 7) is 10.1. The van der Waals surface area contributed by atoms with E-state index in [-0.39, 0.29) is 24.8 Å². The second-order valence-corrected chi connectivity index (χ2v) is 5.26. The van der Waals surface area contributed by atoms with Crippen molar-refractivity contribution >= 4 is 11.9 Å². The highest BCUT2D eigenvalue weighted by molar-refractivity contribution is 5.86. The molecule has 0 heterocycles. The van der Waals surface area contributed by atoms with E-state index in [2.05, 4.69) is 6.58 Å². The molecule has 0 spiro atoms. The molecule has 0 aliphatic heterocycles.